The monoisotopic (exact) mass is 411 g/mol. The van der Waals surface area contributed by atoms with Gasteiger partial charge in [0.05, 0.1) is 5.56 Å². The Labute approximate surface area is 160 Å². The molecule has 5 heteroatoms. The van der Waals surface area contributed by atoms with Crippen molar-refractivity contribution < 1.29 is 14.3 Å². The van der Waals surface area contributed by atoms with Gasteiger partial charge in [0.15, 0.2) is 6.61 Å². The van der Waals surface area contributed by atoms with Gasteiger partial charge in [-0.1, -0.05) is 30.3 Å². The van der Waals surface area contributed by atoms with E-state index in [1.54, 1.807) is 18.2 Å². The molecule has 3 aromatic rings. The van der Waals surface area contributed by atoms with Crippen LogP contribution >= 0.6 is 15.9 Å². The van der Waals surface area contributed by atoms with Gasteiger partial charge in [-0.05, 0) is 60.1 Å². The van der Waals surface area contributed by atoms with Crippen molar-refractivity contribution in [3.63, 3.8) is 0 Å². The number of carbonyl (C=O) groups is 2. The topological polar surface area (TPSA) is 48.3 Å². The summed E-state index contributed by atoms with van der Waals surface area (Å²) in [6, 6.07) is 18.6. The minimum Gasteiger partial charge on any atom is -0.454 e. The minimum atomic E-state index is -0.525. The van der Waals surface area contributed by atoms with Crippen LogP contribution in [0, 0.1) is 13.8 Å². The summed E-state index contributed by atoms with van der Waals surface area (Å²) >= 11 is 3.31. The quantitative estimate of drug-likeness (QED) is 0.443. The summed E-state index contributed by atoms with van der Waals surface area (Å²) in [6.07, 6.45) is 0. The smallest absolute Gasteiger partial charge is 0.339 e. The molecule has 0 spiro atoms. The number of hydrogen-bond donors (Lipinski definition) is 0. The third-order valence-corrected chi connectivity index (χ3v) is 4.87. The van der Waals surface area contributed by atoms with Crippen molar-refractivity contribution >= 4 is 27.7 Å². The summed E-state index contributed by atoms with van der Waals surface area (Å²) in [5, 5.41) is 0. The highest BCUT2D eigenvalue weighted by atomic mass is 79.9. The lowest BCUT2D eigenvalue weighted by Crippen LogP contribution is -2.15. The molecule has 2 aromatic carbocycles. The van der Waals surface area contributed by atoms with E-state index in [2.05, 4.69) is 15.9 Å². The van der Waals surface area contributed by atoms with Gasteiger partial charge in [-0.3, -0.25) is 4.79 Å². The molecule has 1 heterocycles. The predicted octanol–water partition coefficient (Wildman–Crippen LogP) is 4.90. The molecule has 0 fully saturated rings. The SMILES string of the molecule is Cc1cc(C(=O)COC(=O)c2ccccc2Br)c(C)n1-c1ccccc1. The van der Waals surface area contributed by atoms with E-state index in [9.17, 15) is 9.59 Å². The average Bonchev–Trinajstić information content (AvgIpc) is 2.95. The Morgan fingerprint density at radius 2 is 1.62 bits per heavy atom. The largest absolute Gasteiger partial charge is 0.454 e. The molecule has 0 unspecified atom stereocenters. The summed E-state index contributed by atoms with van der Waals surface area (Å²) in [5.41, 5.74) is 3.73. The minimum absolute atomic E-state index is 0.222. The summed E-state index contributed by atoms with van der Waals surface area (Å²) < 4.78 is 7.86. The Balaban J connectivity index is 1.77. The van der Waals surface area contributed by atoms with Crippen LogP contribution in [0.3, 0.4) is 0 Å². The number of aromatic nitrogens is 1. The molecule has 0 N–H and O–H groups in total. The second-order valence-electron chi connectivity index (χ2n) is 5.93. The van der Waals surface area contributed by atoms with Crippen LogP contribution in [0.2, 0.25) is 0 Å². The van der Waals surface area contributed by atoms with Gasteiger partial charge in [-0.25, -0.2) is 4.79 Å². The van der Waals surface area contributed by atoms with E-state index in [0.29, 0.717) is 15.6 Å². The van der Waals surface area contributed by atoms with Gasteiger partial charge in [0.25, 0.3) is 0 Å². The highest BCUT2D eigenvalue weighted by Gasteiger charge is 2.19. The van der Waals surface area contributed by atoms with Crippen LogP contribution in [0.15, 0.2) is 65.1 Å². The third-order valence-electron chi connectivity index (χ3n) is 4.17. The van der Waals surface area contributed by atoms with E-state index in [1.807, 2.05) is 60.9 Å². The standard InChI is InChI=1S/C21H18BrNO3/c1-14-12-18(15(2)23(14)16-8-4-3-5-9-16)20(24)13-26-21(25)17-10-6-7-11-19(17)22/h3-12H,13H2,1-2H3. The zero-order valence-electron chi connectivity index (χ0n) is 14.5. The number of Topliss-reactive ketones (excluding diaryl/α,β-unsaturated/α-hetero) is 1. The molecule has 0 aliphatic carbocycles. The van der Waals surface area contributed by atoms with Gasteiger partial charge in [0.2, 0.25) is 5.78 Å². The maximum absolute atomic E-state index is 12.6. The Kier molecular flexibility index (Phi) is 5.38. The molecule has 0 aliphatic heterocycles. The van der Waals surface area contributed by atoms with Crippen molar-refractivity contribution in [3.05, 3.63) is 87.7 Å². The van der Waals surface area contributed by atoms with Crippen molar-refractivity contribution in [2.75, 3.05) is 6.61 Å². The van der Waals surface area contributed by atoms with Crippen LogP contribution < -0.4 is 0 Å². The second-order valence-corrected chi connectivity index (χ2v) is 6.79. The van der Waals surface area contributed by atoms with E-state index in [-0.39, 0.29) is 12.4 Å². The first-order valence-corrected chi connectivity index (χ1v) is 8.97. The molecule has 0 saturated carbocycles. The summed E-state index contributed by atoms with van der Waals surface area (Å²) in [4.78, 5) is 24.8. The van der Waals surface area contributed by atoms with Crippen LogP contribution in [-0.2, 0) is 4.74 Å². The molecule has 0 radical (unpaired) electrons. The zero-order valence-corrected chi connectivity index (χ0v) is 16.1. The van der Waals surface area contributed by atoms with E-state index < -0.39 is 5.97 Å². The first kappa shape index (κ1) is 18.1. The first-order valence-electron chi connectivity index (χ1n) is 8.18. The number of nitrogens with zero attached hydrogens (tertiary/aromatic N) is 1. The average molecular weight is 412 g/mol. The summed E-state index contributed by atoms with van der Waals surface area (Å²) in [7, 11) is 0. The molecular formula is C21H18BrNO3. The third kappa shape index (κ3) is 3.63. The highest BCUT2D eigenvalue weighted by Crippen LogP contribution is 2.22. The molecule has 0 amide bonds. The first-order chi connectivity index (χ1) is 12.5. The number of aryl methyl sites for hydroxylation is 1. The zero-order chi connectivity index (χ0) is 18.7. The van der Waals surface area contributed by atoms with Crippen LogP contribution in [-0.4, -0.2) is 22.9 Å². The van der Waals surface area contributed by atoms with Crippen molar-refractivity contribution in [3.8, 4) is 5.69 Å². The normalized spacial score (nSPS) is 10.6. The number of para-hydroxylation sites is 1. The molecule has 1 aromatic heterocycles. The molecule has 0 saturated heterocycles. The Hall–Kier alpha value is -2.66. The molecule has 132 valence electrons. The Morgan fingerprint density at radius 1 is 0.962 bits per heavy atom. The van der Waals surface area contributed by atoms with Crippen molar-refractivity contribution in [2.24, 2.45) is 0 Å². The molecule has 26 heavy (non-hydrogen) atoms. The fraction of sp³-hybridized carbons (Fsp3) is 0.143. The number of benzene rings is 2. The maximum Gasteiger partial charge on any atom is 0.339 e. The highest BCUT2D eigenvalue weighted by molar-refractivity contribution is 9.10. The van der Waals surface area contributed by atoms with Crippen LogP contribution in [0.5, 0.6) is 0 Å². The van der Waals surface area contributed by atoms with Crippen molar-refractivity contribution in [1.29, 1.82) is 0 Å². The van der Waals surface area contributed by atoms with E-state index >= 15 is 0 Å². The number of carbonyl (C=O) groups excluding carboxylic acids is 2. The van der Waals surface area contributed by atoms with Gasteiger partial charge in [0.1, 0.15) is 0 Å². The molecule has 0 bridgehead atoms. The Bertz CT molecular complexity index is 961. The number of esters is 1. The van der Waals surface area contributed by atoms with Gasteiger partial charge in [-0.15, -0.1) is 0 Å². The number of ketones is 1. The second kappa shape index (κ2) is 7.70. The van der Waals surface area contributed by atoms with Gasteiger partial charge >= 0.3 is 5.97 Å². The van der Waals surface area contributed by atoms with Crippen molar-refractivity contribution in [1.82, 2.24) is 4.57 Å². The lowest BCUT2D eigenvalue weighted by atomic mass is 10.1. The number of halogens is 1. The maximum atomic E-state index is 12.6. The van der Waals surface area contributed by atoms with E-state index in [1.165, 1.54) is 0 Å². The molecule has 0 atom stereocenters. The van der Waals surface area contributed by atoms with Crippen LogP contribution in [0.4, 0.5) is 0 Å². The van der Waals surface area contributed by atoms with Gasteiger partial charge in [0, 0.05) is 27.1 Å². The molecule has 4 nitrogen and oxygen atoms in total. The summed E-state index contributed by atoms with van der Waals surface area (Å²) in [5.74, 6) is -0.747. The fourth-order valence-electron chi connectivity index (χ4n) is 2.93. The van der Waals surface area contributed by atoms with Crippen molar-refractivity contribution in [2.45, 2.75) is 13.8 Å². The summed E-state index contributed by atoms with van der Waals surface area (Å²) in [6.45, 7) is 3.55. The number of ether oxygens (including phenoxy) is 1. The lowest BCUT2D eigenvalue weighted by molar-refractivity contribution is 0.0473. The Morgan fingerprint density at radius 3 is 2.31 bits per heavy atom. The molecule has 3 rings (SSSR count). The lowest BCUT2D eigenvalue weighted by Gasteiger charge is -2.10. The van der Waals surface area contributed by atoms with Crippen LogP contribution in [0.25, 0.3) is 5.69 Å². The fourth-order valence-corrected chi connectivity index (χ4v) is 3.38. The number of hydrogen-bond acceptors (Lipinski definition) is 3. The molecular weight excluding hydrogens is 394 g/mol. The van der Waals surface area contributed by atoms with E-state index in [0.717, 1.165) is 17.1 Å². The number of rotatable bonds is 5. The predicted molar refractivity (Wildman–Crippen MR) is 104 cm³/mol. The van der Waals surface area contributed by atoms with Gasteiger partial charge in [-0.2, -0.15) is 0 Å². The van der Waals surface area contributed by atoms with E-state index in [4.69, 9.17) is 4.74 Å². The van der Waals surface area contributed by atoms with Crippen LogP contribution in [0.1, 0.15) is 32.1 Å². The molecule has 0 aliphatic rings. The van der Waals surface area contributed by atoms with Gasteiger partial charge < -0.3 is 9.30 Å².